The first-order valence-corrected chi connectivity index (χ1v) is 8.44. The maximum atomic E-state index is 14.2. The lowest BCUT2D eigenvalue weighted by molar-refractivity contribution is 0.0697. The minimum atomic E-state index is -0.171. The average molecular weight is 304 g/mol. The van der Waals surface area contributed by atoms with Gasteiger partial charge in [-0.25, -0.2) is 4.39 Å². The molecule has 120 valence electrons. The summed E-state index contributed by atoms with van der Waals surface area (Å²) in [4.78, 5) is 14.6. The molecule has 2 heterocycles. The highest BCUT2D eigenvalue weighted by Crippen LogP contribution is 2.29. The van der Waals surface area contributed by atoms with E-state index in [1.54, 1.807) is 12.1 Å². The summed E-state index contributed by atoms with van der Waals surface area (Å²) in [6.45, 7) is 5.72. The summed E-state index contributed by atoms with van der Waals surface area (Å²) in [7, 11) is 0. The maximum Gasteiger partial charge on any atom is 0.253 e. The highest BCUT2D eigenvalue weighted by Gasteiger charge is 2.24. The van der Waals surface area contributed by atoms with Crippen LogP contribution in [0.25, 0.3) is 0 Å². The van der Waals surface area contributed by atoms with Gasteiger partial charge >= 0.3 is 0 Å². The van der Waals surface area contributed by atoms with E-state index < -0.39 is 0 Å². The number of rotatable bonds is 2. The Morgan fingerprint density at radius 1 is 1.18 bits per heavy atom. The van der Waals surface area contributed by atoms with Gasteiger partial charge in [-0.05, 0) is 74.4 Å². The van der Waals surface area contributed by atoms with E-state index in [4.69, 9.17) is 0 Å². The lowest BCUT2D eigenvalue weighted by Gasteiger charge is -2.30. The molecule has 2 aliphatic heterocycles. The van der Waals surface area contributed by atoms with E-state index in [1.807, 2.05) is 4.90 Å². The molecule has 4 heteroatoms. The van der Waals surface area contributed by atoms with Gasteiger partial charge < -0.3 is 10.2 Å². The normalized spacial score (nSPS) is 21.1. The number of hydrogen-bond acceptors (Lipinski definition) is 2. The molecular formula is C18H25FN2O. The fourth-order valence-corrected chi connectivity index (χ4v) is 3.52. The van der Waals surface area contributed by atoms with Gasteiger partial charge in [0.1, 0.15) is 5.82 Å². The van der Waals surface area contributed by atoms with Crippen molar-refractivity contribution in [1.29, 1.82) is 0 Å². The smallest absolute Gasteiger partial charge is 0.253 e. The van der Waals surface area contributed by atoms with Crippen LogP contribution in [0.15, 0.2) is 18.2 Å². The molecular weight excluding hydrogens is 279 g/mol. The first-order valence-electron chi connectivity index (χ1n) is 8.44. The van der Waals surface area contributed by atoms with Gasteiger partial charge in [0.05, 0.1) is 0 Å². The molecule has 1 aromatic carbocycles. The van der Waals surface area contributed by atoms with Crippen molar-refractivity contribution in [3.05, 3.63) is 35.1 Å². The van der Waals surface area contributed by atoms with Crippen LogP contribution >= 0.6 is 0 Å². The van der Waals surface area contributed by atoms with E-state index in [9.17, 15) is 9.18 Å². The molecule has 0 bridgehead atoms. The van der Waals surface area contributed by atoms with Crippen LogP contribution in [0.2, 0.25) is 0 Å². The van der Waals surface area contributed by atoms with Gasteiger partial charge in [0.2, 0.25) is 0 Å². The quantitative estimate of drug-likeness (QED) is 0.910. The Kier molecular flexibility index (Phi) is 4.77. The van der Waals surface area contributed by atoms with Gasteiger partial charge in [-0.1, -0.05) is 6.92 Å². The van der Waals surface area contributed by atoms with Gasteiger partial charge in [0.25, 0.3) is 5.91 Å². The number of nitrogens with one attached hydrogen (secondary N) is 1. The third-order valence-corrected chi connectivity index (χ3v) is 5.09. The minimum Gasteiger partial charge on any atom is -0.339 e. The molecule has 2 fully saturated rings. The van der Waals surface area contributed by atoms with Crippen LogP contribution < -0.4 is 5.32 Å². The molecule has 1 amide bonds. The number of nitrogens with zero attached hydrogens (tertiary/aromatic N) is 1. The van der Waals surface area contributed by atoms with Crippen LogP contribution in [-0.2, 0) is 0 Å². The monoisotopic (exact) mass is 304 g/mol. The fraction of sp³-hybridized carbons (Fsp3) is 0.611. The maximum absolute atomic E-state index is 14.2. The number of hydrogen-bond donors (Lipinski definition) is 1. The largest absolute Gasteiger partial charge is 0.339 e. The van der Waals surface area contributed by atoms with Gasteiger partial charge in [-0.15, -0.1) is 0 Å². The van der Waals surface area contributed by atoms with Crippen LogP contribution in [0.1, 0.15) is 54.4 Å². The van der Waals surface area contributed by atoms with E-state index in [0.717, 1.165) is 57.4 Å². The van der Waals surface area contributed by atoms with E-state index >= 15 is 0 Å². The van der Waals surface area contributed by atoms with E-state index in [-0.39, 0.29) is 17.6 Å². The second kappa shape index (κ2) is 6.78. The summed E-state index contributed by atoms with van der Waals surface area (Å²) in [6.07, 6.45) is 4.01. The zero-order valence-corrected chi connectivity index (χ0v) is 13.3. The predicted molar refractivity (Wildman–Crippen MR) is 85.5 cm³/mol. The molecule has 0 atom stereocenters. The van der Waals surface area contributed by atoms with Crippen molar-refractivity contribution < 1.29 is 9.18 Å². The molecule has 0 aliphatic carbocycles. The Hall–Kier alpha value is -1.42. The van der Waals surface area contributed by atoms with Gasteiger partial charge in [-0.2, -0.15) is 0 Å². The van der Waals surface area contributed by atoms with Crippen molar-refractivity contribution >= 4 is 5.91 Å². The van der Waals surface area contributed by atoms with Gasteiger partial charge in [-0.3, -0.25) is 4.79 Å². The predicted octanol–water partition coefficient (Wildman–Crippen LogP) is 3.16. The van der Waals surface area contributed by atoms with Crippen LogP contribution in [0.4, 0.5) is 4.39 Å². The summed E-state index contributed by atoms with van der Waals surface area (Å²) in [5.74, 6) is 0.816. The average Bonchev–Trinajstić information content (AvgIpc) is 2.56. The summed E-state index contributed by atoms with van der Waals surface area (Å²) in [5, 5.41) is 3.30. The number of likely N-dealkylation sites (tertiary alicyclic amines) is 1. The van der Waals surface area contributed by atoms with Crippen molar-refractivity contribution in [3.8, 4) is 0 Å². The Balaban J connectivity index is 1.77. The van der Waals surface area contributed by atoms with Gasteiger partial charge in [0, 0.05) is 18.7 Å². The number of benzene rings is 1. The topological polar surface area (TPSA) is 32.3 Å². The van der Waals surface area contributed by atoms with E-state index in [0.29, 0.717) is 11.5 Å². The van der Waals surface area contributed by atoms with Gasteiger partial charge in [0.15, 0.2) is 0 Å². The van der Waals surface area contributed by atoms with Crippen molar-refractivity contribution in [1.82, 2.24) is 10.2 Å². The molecule has 0 aromatic heterocycles. The number of piperidine rings is 2. The lowest BCUT2D eigenvalue weighted by atomic mass is 9.88. The standard InChI is InChI=1S/C18H25FN2O/c1-13-6-10-21(11-7-13)18(22)15-2-3-17(19)16(12-15)14-4-8-20-9-5-14/h2-3,12-14,20H,4-11H2,1H3. The molecule has 0 unspecified atom stereocenters. The summed E-state index contributed by atoms with van der Waals surface area (Å²) >= 11 is 0. The second-order valence-electron chi connectivity index (χ2n) is 6.74. The molecule has 0 saturated carbocycles. The molecule has 0 radical (unpaired) electrons. The number of halogens is 1. The minimum absolute atomic E-state index is 0.0575. The number of carbonyl (C=O) groups is 1. The SMILES string of the molecule is CC1CCN(C(=O)c2ccc(F)c(C3CCNCC3)c2)CC1. The Morgan fingerprint density at radius 3 is 2.55 bits per heavy atom. The van der Waals surface area contributed by atoms with Crippen LogP contribution in [0.3, 0.4) is 0 Å². The zero-order valence-electron chi connectivity index (χ0n) is 13.3. The summed E-state index contributed by atoms with van der Waals surface area (Å²) < 4.78 is 14.2. The molecule has 0 spiro atoms. The zero-order chi connectivity index (χ0) is 15.5. The Labute approximate surface area is 131 Å². The van der Waals surface area contributed by atoms with Crippen molar-refractivity contribution in [3.63, 3.8) is 0 Å². The molecule has 22 heavy (non-hydrogen) atoms. The summed E-state index contributed by atoms with van der Waals surface area (Å²) in [6, 6.07) is 4.91. The number of carbonyl (C=O) groups excluding carboxylic acids is 1. The number of amides is 1. The molecule has 2 aliphatic rings. The first kappa shape index (κ1) is 15.5. The first-order chi connectivity index (χ1) is 10.6. The molecule has 3 nitrogen and oxygen atoms in total. The third-order valence-electron chi connectivity index (χ3n) is 5.09. The Bertz CT molecular complexity index is 532. The van der Waals surface area contributed by atoms with Crippen molar-refractivity contribution in [2.75, 3.05) is 26.2 Å². The highest BCUT2D eigenvalue weighted by atomic mass is 19.1. The molecule has 3 rings (SSSR count). The summed E-state index contributed by atoms with van der Waals surface area (Å²) in [5.41, 5.74) is 1.36. The van der Waals surface area contributed by atoms with Crippen LogP contribution in [0.5, 0.6) is 0 Å². The van der Waals surface area contributed by atoms with Crippen molar-refractivity contribution in [2.24, 2.45) is 5.92 Å². The Morgan fingerprint density at radius 2 is 1.86 bits per heavy atom. The lowest BCUT2D eigenvalue weighted by Crippen LogP contribution is -2.38. The molecule has 1 aromatic rings. The third kappa shape index (κ3) is 3.32. The fourth-order valence-electron chi connectivity index (χ4n) is 3.52. The van der Waals surface area contributed by atoms with Crippen LogP contribution in [-0.4, -0.2) is 37.0 Å². The second-order valence-corrected chi connectivity index (χ2v) is 6.74. The molecule has 2 saturated heterocycles. The van der Waals surface area contributed by atoms with E-state index in [2.05, 4.69) is 12.2 Å². The molecule has 1 N–H and O–H groups in total. The van der Waals surface area contributed by atoms with Crippen LogP contribution in [0, 0.1) is 11.7 Å². The van der Waals surface area contributed by atoms with E-state index in [1.165, 1.54) is 6.07 Å². The highest BCUT2D eigenvalue weighted by molar-refractivity contribution is 5.94. The van der Waals surface area contributed by atoms with Crippen molar-refractivity contribution in [2.45, 2.75) is 38.5 Å².